The van der Waals surface area contributed by atoms with Gasteiger partial charge in [0.05, 0.1) is 6.07 Å². The van der Waals surface area contributed by atoms with Crippen molar-refractivity contribution in [2.45, 2.75) is 12.5 Å². The normalized spacial score (nSPS) is 11.6. The van der Waals surface area contributed by atoms with E-state index in [2.05, 4.69) is 11.4 Å². The van der Waals surface area contributed by atoms with E-state index in [4.69, 9.17) is 5.26 Å². The molecule has 2 nitrogen and oxygen atoms in total. The smallest absolute Gasteiger partial charge is 0.125 e. The highest BCUT2D eigenvalue weighted by Crippen LogP contribution is 2.12. The summed E-state index contributed by atoms with van der Waals surface area (Å²) in [6.07, 6.45) is 0.591. The summed E-state index contributed by atoms with van der Waals surface area (Å²) >= 11 is 0. The molecule has 2 aromatic carbocycles. The SMILES string of the molecule is N#CC(Cc1ccccc1)Nc1cccc(F)c1. The summed E-state index contributed by atoms with van der Waals surface area (Å²) < 4.78 is 13.0. The monoisotopic (exact) mass is 240 g/mol. The molecule has 1 N–H and O–H groups in total. The number of nitriles is 1. The van der Waals surface area contributed by atoms with E-state index in [0.717, 1.165) is 5.56 Å². The van der Waals surface area contributed by atoms with Crippen molar-refractivity contribution in [1.29, 1.82) is 5.26 Å². The van der Waals surface area contributed by atoms with Gasteiger partial charge in [0.2, 0.25) is 0 Å². The third-order valence-corrected chi connectivity index (χ3v) is 2.60. The third-order valence-electron chi connectivity index (χ3n) is 2.60. The molecule has 0 radical (unpaired) electrons. The van der Waals surface area contributed by atoms with Gasteiger partial charge in [0, 0.05) is 12.1 Å². The second-order valence-electron chi connectivity index (χ2n) is 4.03. The quantitative estimate of drug-likeness (QED) is 0.889. The second-order valence-corrected chi connectivity index (χ2v) is 4.03. The zero-order chi connectivity index (χ0) is 12.8. The molecule has 0 saturated heterocycles. The van der Waals surface area contributed by atoms with Crippen LogP contribution in [0.1, 0.15) is 5.56 Å². The summed E-state index contributed by atoms with van der Waals surface area (Å²) in [5, 5.41) is 12.1. The van der Waals surface area contributed by atoms with E-state index < -0.39 is 0 Å². The molecule has 0 aliphatic heterocycles. The lowest BCUT2D eigenvalue weighted by atomic mass is 10.1. The van der Waals surface area contributed by atoms with Gasteiger partial charge < -0.3 is 5.32 Å². The lowest BCUT2D eigenvalue weighted by Crippen LogP contribution is -2.20. The van der Waals surface area contributed by atoms with Gasteiger partial charge in [0.1, 0.15) is 11.9 Å². The molecule has 1 unspecified atom stereocenters. The van der Waals surface area contributed by atoms with Crippen LogP contribution in [0.2, 0.25) is 0 Å². The largest absolute Gasteiger partial charge is 0.369 e. The topological polar surface area (TPSA) is 35.8 Å². The van der Waals surface area contributed by atoms with Gasteiger partial charge in [-0.15, -0.1) is 0 Å². The first kappa shape index (κ1) is 12.1. The summed E-state index contributed by atoms with van der Waals surface area (Å²) in [7, 11) is 0. The van der Waals surface area contributed by atoms with E-state index >= 15 is 0 Å². The first-order valence-electron chi connectivity index (χ1n) is 5.73. The van der Waals surface area contributed by atoms with Gasteiger partial charge in [-0.05, 0) is 23.8 Å². The van der Waals surface area contributed by atoms with Gasteiger partial charge in [0.15, 0.2) is 0 Å². The minimum atomic E-state index is -0.366. The van der Waals surface area contributed by atoms with Crippen LogP contribution in [0.15, 0.2) is 54.6 Å². The van der Waals surface area contributed by atoms with Crippen LogP contribution in [-0.4, -0.2) is 6.04 Å². The highest BCUT2D eigenvalue weighted by atomic mass is 19.1. The van der Waals surface area contributed by atoms with Gasteiger partial charge in [0.25, 0.3) is 0 Å². The minimum Gasteiger partial charge on any atom is -0.369 e. The number of halogens is 1. The molecule has 0 bridgehead atoms. The Hall–Kier alpha value is -2.34. The van der Waals surface area contributed by atoms with E-state index in [-0.39, 0.29) is 11.9 Å². The zero-order valence-corrected chi connectivity index (χ0v) is 9.81. The summed E-state index contributed by atoms with van der Waals surface area (Å²) in [4.78, 5) is 0. The maximum atomic E-state index is 13.0. The number of hydrogen-bond donors (Lipinski definition) is 1. The van der Waals surface area contributed by atoms with Crippen molar-refractivity contribution in [2.75, 3.05) is 5.32 Å². The highest BCUT2D eigenvalue weighted by Gasteiger charge is 2.08. The number of nitrogens with one attached hydrogen (secondary N) is 1. The van der Waals surface area contributed by atoms with Gasteiger partial charge in [-0.1, -0.05) is 36.4 Å². The van der Waals surface area contributed by atoms with Crippen LogP contribution in [0.4, 0.5) is 10.1 Å². The summed E-state index contributed by atoms with van der Waals surface area (Å²) in [6, 6.07) is 17.7. The Balaban J connectivity index is 2.05. The lowest BCUT2D eigenvalue weighted by Gasteiger charge is -2.13. The Kier molecular flexibility index (Phi) is 3.93. The maximum absolute atomic E-state index is 13.0. The molecule has 0 fully saturated rings. The van der Waals surface area contributed by atoms with E-state index in [1.165, 1.54) is 12.1 Å². The average Bonchev–Trinajstić information content (AvgIpc) is 2.39. The van der Waals surface area contributed by atoms with Crippen molar-refractivity contribution in [1.82, 2.24) is 0 Å². The molecule has 0 aromatic heterocycles. The van der Waals surface area contributed by atoms with Gasteiger partial charge >= 0.3 is 0 Å². The number of hydrogen-bond acceptors (Lipinski definition) is 2. The molecular weight excluding hydrogens is 227 g/mol. The van der Waals surface area contributed by atoms with Gasteiger partial charge in [-0.3, -0.25) is 0 Å². The molecule has 0 saturated carbocycles. The fourth-order valence-corrected chi connectivity index (χ4v) is 1.76. The fraction of sp³-hybridized carbons (Fsp3) is 0.133. The average molecular weight is 240 g/mol. The van der Waals surface area contributed by atoms with Crippen molar-refractivity contribution in [3.05, 3.63) is 66.0 Å². The molecule has 90 valence electrons. The fourth-order valence-electron chi connectivity index (χ4n) is 1.76. The molecule has 0 spiro atoms. The zero-order valence-electron chi connectivity index (χ0n) is 9.81. The van der Waals surface area contributed by atoms with Crippen LogP contribution in [0.25, 0.3) is 0 Å². The molecule has 2 aromatic rings. The van der Waals surface area contributed by atoms with Crippen LogP contribution < -0.4 is 5.32 Å². The van der Waals surface area contributed by atoms with Crippen LogP contribution in [0.5, 0.6) is 0 Å². The molecule has 2 rings (SSSR count). The predicted octanol–water partition coefficient (Wildman–Crippen LogP) is 3.37. The summed E-state index contributed by atoms with van der Waals surface area (Å²) in [6.45, 7) is 0. The number of rotatable bonds is 4. The Labute approximate surface area is 106 Å². The second kappa shape index (κ2) is 5.83. The first-order valence-corrected chi connectivity index (χ1v) is 5.73. The molecular formula is C15H13FN2. The van der Waals surface area contributed by atoms with Gasteiger partial charge in [-0.25, -0.2) is 4.39 Å². The van der Waals surface area contributed by atoms with Crippen molar-refractivity contribution >= 4 is 5.69 Å². The van der Waals surface area contributed by atoms with E-state index in [9.17, 15) is 4.39 Å². The predicted molar refractivity (Wildman–Crippen MR) is 69.6 cm³/mol. The lowest BCUT2D eigenvalue weighted by molar-refractivity contribution is 0.628. The Morgan fingerprint density at radius 1 is 1.11 bits per heavy atom. The molecule has 3 heteroatoms. The van der Waals surface area contributed by atoms with Crippen LogP contribution >= 0.6 is 0 Å². The summed E-state index contributed by atoms with van der Waals surface area (Å²) in [5.74, 6) is -0.309. The molecule has 0 aliphatic carbocycles. The van der Waals surface area contributed by atoms with Crippen LogP contribution in [0.3, 0.4) is 0 Å². The molecule has 0 amide bonds. The van der Waals surface area contributed by atoms with Crippen LogP contribution in [0, 0.1) is 17.1 Å². The molecule has 0 heterocycles. The van der Waals surface area contributed by atoms with Crippen LogP contribution in [-0.2, 0) is 6.42 Å². The first-order chi connectivity index (χ1) is 8.78. The Morgan fingerprint density at radius 2 is 1.89 bits per heavy atom. The Bertz CT molecular complexity index is 546. The number of anilines is 1. The Morgan fingerprint density at radius 3 is 2.56 bits per heavy atom. The van der Waals surface area contributed by atoms with E-state index in [1.807, 2.05) is 30.3 Å². The molecule has 18 heavy (non-hydrogen) atoms. The minimum absolute atomic E-state index is 0.309. The van der Waals surface area contributed by atoms with E-state index in [0.29, 0.717) is 12.1 Å². The van der Waals surface area contributed by atoms with Crippen molar-refractivity contribution in [3.63, 3.8) is 0 Å². The van der Waals surface area contributed by atoms with Crippen molar-refractivity contribution in [3.8, 4) is 6.07 Å². The number of benzene rings is 2. The van der Waals surface area contributed by atoms with E-state index in [1.54, 1.807) is 12.1 Å². The number of nitrogens with zero attached hydrogens (tertiary/aromatic N) is 1. The molecule has 1 atom stereocenters. The highest BCUT2D eigenvalue weighted by molar-refractivity contribution is 5.45. The third kappa shape index (κ3) is 3.33. The van der Waals surface area contributed by atoms with Crippen molar-refractivity contribution in [2.24, 2.45) is 0 Å². The van der Waals surface area contributed by atoms with Crippen molar-refractivity contribution < 1.29 is 4.39 Å². The maximum Gasteiger partial charge on any atom is 0.125 e. The standard InChI is InChI=1S/C15H13FN2/c16-13-7-4-8-14(10-13)18-15(11-17)9-12-5-2-1-3-6-12/h1-8,10,15,18H,9H2. The molecule has 0 aliphatic rings. The van der Waals surface area contributed by atoms with Gasteiger partial charge in [-0.2, -0.15) is 5.26 Å². The summed E-state index contributed by atoms with van der Waals surface area (Å²) in [5.41, 5.74) is 1.70.